The molecule has 3 heteroatoms. The standard InChI is InChI=1S/C6H8N.CNO/c1-7-5-3-2-4-6-7;2-1-3/h2-6H,1H3;/q+1;-1. The molecule has 0 radical (unpaired) electrons. The van der Waals surface area contributed by atoms with Crippen molar-refractivity contribution in [2.75, 3.05) is 0 Å². The molecule has 0 saturated carbocycles. The summed E-state index contributed by atoms with van der Waals surface area (Å²) in [5.41, 5.74) is 0. The van der Waals surface area contributed by atoms with Crippen molar-refractivity contribution in [3.05, 3.63) is 36.0 Å². The zero-order chi connectivity index (χ0) is 7.82. The highest BCUT2D eigenvalue weighted by molar-refractivity contribution is 5.36. The quantitative estimate of drug-likeness (QED) is 0.289. The van der Waals surface area contributed by atoms with Crippen LogP contribution in [-0.4, -0.2) is 6.08 Å². The number of rotatable bonds is 0. The molecule has 0 fully saturated rings. The predicted molar refractivity (Wildman–Crippen MR) is 36.7 cm³/mol. The van der Waals surface area contributed by atoms with E-state index in [0.717, 1.165) is 0 Å². The van der Waals surface area contributed by atoms with Crippen molar-refractivity contribution in [2.24, 2.45) is 7.05 Å². The van der Waals surface area contributed by atoms with Crippen LogP contribution in [0.5, 0.6) is 0 Å². The fourth-order valence-corrected chi connectivity index (χ4v) is 0.485. The van der Waals surface area contributed by atoms with E-state index in [2.05, 4.69) is 0 Å². The maximum absolute atomic E-state index is 8.24. The summed E-state index contributed by atoms with van der Waals surface area (Å²) in [5, 5.41) is 6.76. The lowest BCUT2D eigenvalue weighted by molar-refractivity contribution is -0.671. The largest absolute Gasteiger partial charge is 0.724 e. The maximum atomic E-state index is 8.24. The molecule has 0 aromatic carbocycles. The van der Waals surface area contributed by atoms with Gasteiger partial charge in [-0.1, -0.05) is 6.07 Å². The summed E-state index contributed by atoms with van der Waals surface area (Å²) in [6.45, 7) is 0. The van der Waals surface area contributed by atoms with Gasteiger partial charge in [-0.2, -0.15) is 0 Å². The Kier molecular flexibility index (Phi) is 4.83. The van der Waals surface area contributed by atoms with Crippen LogP contribution >= 0.6 is 0 Å². The molecule has 0 N–H and O–H groups in total. The van der Waals surface area contributed by atoms with Gasteiger partial charge in [0.1, 0.15) is 7.05 Å². The van der Waals surface area contributed by atoms with Gasteiger partial charge in [0.25, 0.3) is 0 Å². The number of pyridine rings is 1. The van der Waals surface area contributed by atoms with Gasteiger partial charge in [0, 0.05) is 12.1 Å². The average molecular weight is 136 g/mol. The average Bonchev–Trinajstić information content (AvgIpc) is 1.91. The van der Waals surface area contributed by atoms with Crippen molar-refractivity contribution >= 4 is 6.08 Å². The van der Waals surface area contributed by atoms with E-state index in [1.807, 2.05) is 42.2 Å². The SMILES string of the molecule is C[n+]1ccccc1.[N-]=C=O. The molecule has 0 aliphatic carbocycles. The molecular weight excluding hydrogens is 128 g/mol. The maximum Gasteiger partial charge on any atom is 0.168 e. The minimum Gasteiger partial charge on any atom is -0.724 e. The van der Waals surface area contributed by atoms with Gasteiger partial charge >= 0.3 is 0 Å². The van der Waals surface area contributed by atoms with Gasteiger partial charge in [0.2, 0.25) is 0 Å². The minimum absolute atomic E-state index is 0.500. The van der Waals surface area contributed by atoms with Crippen LogP contribution in [-0.2, 0) is 11.8 Å². The van der Waals surface area contributed by atoms with E-state index in [9.17, 15) is 0 Å². The van der Waals surface area contributed by atoms with Crippen molar-refractivity contribution in [2.45, 2.75) is 0 Å². The fourth-order valence-electron chi connectivity index (χ4n) is 0.485. The lowest BCUT2D eigenvalue weighted by atomic mass is 10.5. The van der Waals surface area contributed by atoms with Crippen LogP contribution in [0.15, 0.2) is 30.6 Å². The molecule has 0 spiro atoms. The lowest BCUT2D eigenvalue weighted by Crippen LogP contribution is -2.25. The van der Waals surface area contributed by atoms with Crippen LogP contribution in [0.25, 0.3) is 5.41 Å². The summed E-state index contributed by atoms with van der Waals surface area (Å²) < 4.78 is 2.00. The van der Waals surface area contributed by atoms with Crippen LogP contribution < -0.4 is 4.57 Å². The first kappa shape index (κ1) is 8.53. The third kappa shape index (κ3) is 4.68. The first-order valence-electron chi connectivity index (χ1n) is 2.72. The number of carbonyl (C=O) groups excluding carboxylic acids is 1. The summed E-state index contributed by atoms with van der Waals surface area (Å²) in [5.74, 6) is 0. The number of aromatic nitrogens is 1. The number of hydrogen-bond donors (Lipinski definition) is 0. The molecule has 0 saturated heterocycles. The van der Waals surface area contributed by atoms with Crippen LogP contribution in [0, 0.1) is 0 Å². The molecule has 1 rings (SSSR count). The molecule has 0 unspecified atom stereocenters. The molecule has 10 heavy (non-hydrogen) atoms. The van der Waals surface area contributed by atoms with Crippen LogP contribution in [0.4, 0.5) is 0 Å². The summed E-state index contributed by atoms with van der Waals surface area (Å²) in [6, 6.07) is 6.00. The normalized spacial score (nSPS) is 6.90. The van der Waals surface area contributed by atoms with Gasteiger partial charge in [-0.05, 0) is 6.08 Å². The number of isocyanates is 1. The summed E-state index contributed by atoms with van der Waals surface area (Å²) in [4.78, 5) is 8.24. The van der Waals surface area contributed by atoms with Gasteiger partial charge in [0.15, 0.2) is 12.4 Å². The smallest absolute Gasteiger partial charge is 0.168 e. The molecular formula is C7H8N2O. The second-order valence-electron chi connectivity index (χ2n) is 1.63. The Morgan fingerprint density at radius 2 is 1.70 bits per heavy atom. The second kappa shape index (κ2) is 5.66. The molecule has 0 atom stereocenters. The Morgan fingerprint density at radius 1 is 1.30 bits per heavy atom. The summed E-state index contributed by atoms with van der Waals surface area (Å²) in [6.07, 6.45) is 4.50. The van der Waals surface area contributed by atoms with Crippen LogP contribution in [0.1, 0.15) is 0 Å². The summed E-state index contributed by atoms with van der Waals surface area (Å²) in [7, 11) is 2.00. The Bertz CT molecular complexity index is 202. The molecule has 0 amide bonds. The van der Waals surface area contributed by atoms with E-state index in [-0.39, 0.29) is 0 Å². The first-order chi connectivity index (χ1) is 4.81. The third-order valence-corrected chi connectivity index (χ3v) is 0.865. The van der Waals surface area contributed by atoms with Gasteiger partial charge < -0.3 is 5.41 Å². The molecule has 52 valence electrons. The zero-order valence-corrected chi connectivity index (χ0v) is 5.69. The van der Waals surface area contributed by atoms with E-state index in [0.29, 0.717) is 6.08 Å². The summed E-state index contributed by atoms with van der Waals surface area (Å²) >= 11 is 0. The molecule has 0 aliphatic heterocycles. The van der Waals surface area contributed by atoms with Crippen LogP contribution in [0.3, 0.4) is 0 Å². The predicted octanol–water partition coefficient (Wildman–Crippen LogP) is 0.403. The van der Waals surface area contributed by atoms with Crippen molar-refractivity contribution in [3.8, 4) is 0 Å². The number of nitrogens with zero attached hydrogens (tertiary/aromatic N) is 2. The molecule has 1 aromatic heterocycles. The lowest BCUT2D eigenvalue weighted by Gasteiger charge is -1.77. The van der Waals surface area contributed by atoms with E-state index >= 15 is 0 Å². The number of aryl methyl sites for hydroxylation is 1. The Morgan fingerprint density at radius 3 is 1.90 bits per heavy atom. The minimum atomic E-state index is 0.500. The van der Waals surface area contributed by atoms with Crippen LogP contribution in [0.2, 0.25) is 0 Å². The zero-order valence-electron chi connectivity index (χ0n) is 5.69. The highest BCUT2D eigenvalue weighted by Gasteiger charge is 1.78. The first-order valence-corrected chi connectivity index (χ1v) is 2.72. The highest BCUT2D eigenvalue weighted by Crippen LogP contribution is 1.71. The topological polar surface area (TPSA) is 43.2 Å². The van der Waals surface area contributed by atoms with Gasteiger partial charge in [-0.25, -0.2) is 4.57 Å². The van der Waals surface area contributed by atoms with E-state index in [4.69, 9.17) is 10.2 Å². The molecule has 1 aromatic rings. The molecule has 0 bridgehead atoms. The number of hydrogen-bond acceptors (Lipinski definition) is 1. The van der Waals surface area contributed by atoms with E-state index in [1.54, 1.807) is 0 Å². The van der Waals surface area contributed by atoms with E-state index < -0.39 is 0 Å². The molecule has 1 heterocycles. The second-order valence-corrected chi connectivity index (χ2v) is 1.63. The third-order valence-electron chi connectivity index (χ3n) is 0.865. The monoisotopic (exact) mass is 136 g/mol. The van der Waals surface area contributed by atoms with Gasteiger partial charge in [0.05, 0.1) is 0 Å². The molecule has 0 aliphatic rings. The Labute approximate surface area is 59.4 Å². The van der Waals surface area contributed by atoms with Crippen molar-refractivity contribution in [3.63, 3.8) is 0 Å². The van der Waals surface area contributed by atoms with Gasteiger partial charge in [-0.15, -0.1) is 0 Å². The van der Waals surface area contributed by atoms with Crippen molar-refractivity contribution in [1.29, 1.82) is 0 Å². The van der Waals surface area contributed by atoms with Crippen molar-refractivity contribution < 1.29 is 9.36 Å². The Hall–Kier alpha value is -1.47. The fraction of sp³-hybridized carbons (Fsp3) is 0.143. The van der Waals surface area contributed by atoms with Crippen molar-refractivity contribution in [1.82, 2.24) is 0 Å². The molecule has 3 nitrogen and oxygen atoms in total. The highest BCUT2D eigenvalue weighted by atomic mass is 16.1. The van der Waals surface area contributed by atoms with Gasteiger partial charge in [-0.3, -0.25) is 4.79 Å². The Balaban J connectivity index is 0.000000236. The van der Waals surface area contributed by atoms with E-state index in [1.165, 1.54) is 0 Å².